The molecule has 0 bridgehead atoms. The van der Waals surface area contributed by atoms with Crippen LogP contribution in [0.25, 0.3) is 0 Å². The molecule has 0 aliphatic carbocycles. The first-order valence-electron chi connectivity index (χ1n) is 6.64. The SMILES string of the molecule is CCCC1(C(=O)Cc2ccc(Br)s2)CCCNC1. The Morgan fingerprint density at radius 3 is 2.94 bits per heavy atom. The van der Waals surface area contributed by atoms with E-state index in [0.29, 0.717) is 12.2 Å². The highest BCUT2D eigenvalue weighted by Gasteiger charge is 2.38. The summed E-state index contributed by atoms with van der Waals surface area (Å²) in [4.78, 5) is 13.8. The summed E-state index contributed by atoms with van der Waals surface area (Å²) in [5.41, 5.74) is -0.108. The summed E-state index contributed by atoms with van der Waals surface area (Å²) in [5, 5.41) is 3.41. The van der Waals surface area contributed by atoms with Gasteiger partial charge in [-0.1, -0.05) is 13.3 Å². The normalized spacial score (nSPS) is 24.1. The van der Waals surface area contributed by atoms with Crippen LogP contribution in [0.1, 0.15) is 37.5 Å². The van der Waals surface area contributed by atoms with Crippen LogP contribution >= 0.6 is 27.3 Å². The number of Topliss-reactive ketones (excluding diaryl/α,β-unsaturated/α-hetero) is 1. The molecule has 100 valence electrons. The molecule has 0 saturated carbocycles. The number of hydrogen-bond donors (Lipinski definition) is 1. The average molecular weight is 330 g/mol. The van der Waals surface area contributed by atoms with Gasteiger partial charge in [0.1, 0.15) is 5.78 Å². The summed E-state index contributed by atoms with van der Waals surface area (Å²) in [6.45, 7) is 4.10. The second kappa shape index (κ2) is 6.31. The molecule has 0 amide bonds. The molecule has 1 aliphatic heterocycles. The fraction of sp³-hybridized carbons (Fsp3) is 0.643. The molecule has 1 atom stereocenters. The first kappa shape index (κ1) is 14.2. The number of ketones is 1. The predicted octanol–water partition coefficient (Wildman–Crippen LogP) is 3.79. The van der Waals surface area contributed by atoms with E-state index >= 15 is 0 Å². The highest BCUT2D eigenvalue weighted by Crippen LogP contribution is 2.35. The van der Waals surface area contributed by atoms with Crippen LogP contribution in [0.2, 0.25) is 0 Å². The van der Waals surface area contributed by atoms with Gasteiger partial charge in [-0.05, 0) is 53.9 Å². The van der Waals surface area contributed by atoms with Crippen molar-refractivity contribution in [2.24, 2.45) is 5.41 Å². The van der Waals surface area contributed by atoms with Crippen molar-refractivity contribution in [2.45, 2.75) is 39.0 Å². The van der Waals surface area contributed by atoms with Gasteiger partial charge in [-0.15, -0.1) is 11.3 Å². The molecule has 18 heavy (non-hydrogen) atoms. The maximum atomic E-state index is 12.6. The third-order valence-electron chi connectivity index (χ3n) is 3.76. The Bertz CT molecular complexity index is 404. The van der Waals surface area contributed by atoms with Crippen molar-refractivity contribution in [2.75, 3.05) is 13.1 Å². The molecular formula is C14H20BrNOS. The van der Waals surface area contributed by atoms with Gasteiger partial charge in [-0.3, -0.25) is 4.79 Å². The smallest absolute Gasteiger partial charge is 0.145 e. The number of piperidine rings is 1. The van der Waals surface area contributed by atoms with Gasteiger partial charge in [0.05, 0.1) is 3.79 Å². The molecule has 1 aromatic heterocycles. The van der Waals surface area contributed by atoms with E-state index in [1.807, 2.05) is 6.07 Å². The molecule has 2 rings (SSSR count). The number of nitrogens with one attached hydrogen (secondary N) is 1. The lowest BCUT2D eigenvalue weighted by molar-refractivity contribution is -0.129. The van der Waals surface area contributed by atoms with E-state index in [2.05, 4.69) is 34.2 Å². The van der Waals surface area contributed by atoms with E-state index in [1.54, 1.807) is 11.3 Å². The third-order valence-corrected chi connectivity index (χ3v) is 5.38. The van der Waals surface area contributed by atoms with Gasteiger partial charge >= 0.3 is 0 Å². The molecule has 1 N–H and O–H groups in total. The van der Waals surface area contributed by atoms with Crippen LogP contribution in [0.5, 0.6) is 0 Å². The van der Waals surface area contributed by atoms with E-state index in [0.717, 1.165) is 42.6 Å². The van der Waals surface area contributed by atoms with Crippen LogP contribution < -0.4 is 5.32 Å². The number of halogens is 1. The fourth-order valence-corrected chi connectivity index (χ4v) is 4.31. The highest BCUT2D eigenvalue weighted by molar-refractivity contribution is 9.11. The number of hydrogen-bond acceptors (Lipinski definition) is 3. The maximum Gasteiger partial charge on any atom is 0.145 e. The largest absolute Gasteiger partial charge is 0.316 e. The van der Waals surface area contributed by atoms with Crippen molar-refractivity contribution in [1.29, 1.82) is 0 Å². The molecule has 0 spiro atoms. The highest BCUT2D eigenvalue weighted by atomic mass is 79.9. The van der Waals surface area contributed by atoms with Crippen LogP contribution in [0.4, 0.5) is 0 Å². The zero-order valence-corrected chi connectivity index (χ0v) is 13.2. The summed E-state index contributed by atoms with van der Waals surface area (Å²) >= 11 is 5.13. The van der Waals surface area contributed by atoms with E-state index < -0.39 is 0 Å². The fourth-order valence-electron chi connectivity index (χ4n) is 2.83. The van der Waals surface area contributed by atoms with Gasteiger partial charge in [0.15, 0.2) is 0 Å². The van der Waals surface area contributed by atoms with Gasteiger partial charge in [0.2, 0.25) is 0 Å². The van der Waals surface area contributed by atoms with Crippen molar-refractivity contribution < 1.29 is 4.79 Å². The first-order chi connectivity index (χ1) is 8.66. The van der Waals surface area contributed by atoms with E-state index in [4.69, 9.17) is 0 Å². The molecule has 1 aliphatic rings. The Kier molecular flexibility index (Phi) is 4.98. The van der Waals surface area contributed by atoms with Gasteiger partial charge in [0.25, 0.3) is 0 Å². The van der Waals surface area contributed by atoms with Crippen LogP contribution in [-0.4, -0.2) is 18.9 Å². The van der Waals surface area contributed by atoms with E-state index in [1.165, 1.54) is 4.88 Å². The van der Waals surface area contributed by atoms with Gasteiger partial charge in [-0.2, -0.15) is 0 Å². The molecule has 1 saturated heterocycles. The number of rotatable bonds is 5. The summed E-state index contributed by atoms with van der Waals surface area (Å²) in [7, 11) is 0. The number of carbonyl (C=O) groups excluding carboxylic acids is 1. The second-order valence-electron chi connectivity index (χ2n) is 5.12. The van der Waals surface area contributed by atoms with Gasteiger partial charge < -0.3 is 5.32 Å². The minimum Gasteiger partial charge on any atom is -0.316 e. The van der Waals surface area contributed by atoms with E-state index in [9.17, 15) is 4.79 Å². The summed E-state index contributed by atoms with van der Waals surface area (Å²) < 4.78 is 1.11. The Morgan fingerprint density at radius 1 is 1.56 bits per heavy atom. The molecule has 1 aromatic rings. The summed E-state index contributed by atoms with van der Waals surface area (Å²) in [5.74, 6) is 0.422. The Balaban J connectivity index is 2.08. The van der Waals surface area contributed by atoms with Crippen LogP contribution in [0, 0.1) is 5.41 Å². The zero-order valence-electron chi connectivity index (χ0n) is 10.8. The van der Waals surface area contributed by atoms with E-state index in [-0.39, 0.29) is 5.41 Å². The summed E-state index contributed by atoms with van der Waals surface area (Å²) in [6, 6.07) is 4.08. The quantitative estimate of drug-likeness (QED) is 0.890. The van der Waals surface area contributed by atoms with Gasteiger partial charge in [0, 0.05) is 23.3 Å². The lowest BCUT2D eigenvalue weighted by Gasteiger charge is -2.36. The molecule has 1 unspecified atom stereocenters. The topological polar surface area (TPSA) is 29.1 Å². The molecule has 2 nitrogen and oxygen atoms in total. The summed E-state index contributed by atoms with van der Waals surface area (Å²) in [6.07, 6.45) is 4.88. The second-order valence-corrected chi connectivity index (χ2v) is 7.66. The molecule has 2 heterocycles. The minimum atomic E-state index is -0.108. The molecule has 4 heteroatoms. The number of carbonyl (C=O) groups is 1. The van der Waals surface area contributed by atoms with Crippen molar-refractivity contribution in [3.63, 3.8) is 0 Å². The van der Waals surface area contributed by atoms with Crippen molar-refractivity contribution in [1.82, 2.24) is 5.32 Å². The van der Waals surface area contributed by atoms with Crippen LogP contribution in [0.15, 0.2) is 15.9 Å². The molecular weight excluding hydrogens is 310 g/mol. The maximum absolute atomic E-state index is 12.6. The molecule has 0 radical (unpaired) electrons. The lowest BCUT2D eigenvalue weighted by atomic mass is 9.72. The first-order valence-corrected chi connectivity index (χ1v) is 8.25. The van der Waals surface area contributed by atoms with Crippen molar-refractivity contribution in [3.05, 3.63) is 20.8 Å². The van der Waals surface area contributed by atoms with Gasteiger partial charge in [-0.25, -0.2) is 0 Å². The monoisotopic (exact) mass is 329 g/mol. The van der Waals surface area contributed by atoms with Crippen molar-refractivity contribution in [3.8, 4) is 0 Å². The van der Waals surface area contributed by atoms with Crippen LogP contribution in [-0.2, 0) is 11.2 Å². The zero-order chi connectivity index (χ0) is 13.0. The average Bonchev–Trinajstić information content (AvgIpc) is 2.76. The molecule has 1 fully saturated rings. The van der Waals surface area contributed by atoms with Crippen molar-refractivity contribution >= 4 is 33.0 Å². The predicted molar refractivity (Wildman–Crippen MR) is 80.2 cm³/mol. The third kappa shape index (κ3) is 3.22. The Hall–Kier alpha value is -0.190. The Labute approximate surface area is 121 Å². The minimum absolute atomic E-state index is 0.108. The lowest BCUT2D eigenvalue weighted by Crippen LogP contribution is -2.46. The Morgan fingerprint density at radius 2 is 2.39 bits per heavy atom. The number of thiophene rings is 1. The molecule has 0 aromatic carbocycles. The van der Waals surface area contributed by atoms with Crippen LogP contribution in [0.3, 0.4) is 0 Å². The standard InChI is InChI=1S/C14H20BrNOS/c1-2-6-14(7-3-8-16-10-14)12(17)9-11-4-5-13(15)18-11/h4-5,16H,2-3,6-10H2,1H3.